The molecule has 1 amide bonds. The highest BCUT2D eigenvalue weighted by Crippen LogP contribution is 2.15. The maximum atomic E-state index is 11.1. The largest absolute Gasteiger partial charge is 0.394 e. The summed E-state index contributed by atoms with van der Waals surface area (Å²) in [6.07, 6.45) is 6.71. The molecule has 1 aliphatic rings. The third-order valence-electron chi connectivity index (χ3n) is 3.17. The van der Waals surface area contributed by atoms with Gasteiger partial charge in [-0.15, -0.1) is 0 Å². The molecular formula is C13H22N2O3. The van der Waals surface area contributed by atoms with Gasteiger partial charge >= 0.3 is 0 Å². The quantitative estimate of drug-likeness (QED) is 0.709. The van der Waals surface area contributed by atoms with Crippen molar-refractivity contribution in [2.45, 2.75) is 32.8 Å². The Labute approximate surface area is 108 Å². The Morgan fingerprint density at radius 3 is 2.94 bits per heavy atom. The Kier molecular flexibility index (Phi) is 5.88. The normalized spacial score (nSPS) is 18.4. The molecule has 18 heavy (non-hydrogen) atoms. The lowest BCUT2D eigenvalue weighted by atomic mass is 10.0. The fourth-order valence-corrected chi connectivity index (χ4v) is 1.70. The van der Waals surface area contributed by atoms with E-state index in [1.807, 2.05) is 19.2 Å². The Morgan fingerprint density at radius 2 is 2.39 bits per heavy atom. The smallest absolute Gasteiger partial charge is 0.246 e. The van der Waals surface area contributed by atoms with Crippen molar-refractivity contribution < 1.29 is 14.6 Å². The van der Waals surface area contributed by atoms with Crippen molar-refractivity contribution in [2.75, 3.05) is 13.3 Å². The molecule has 1 aliphatic heterocycles. The first kappa shape index (κ1) is 14.7. The first-order chi connectivity index (χ1) is 8.58. The van der Waals surface area contributed by atoms with Crippen molar-refractivity contribution in [3.8, 4) is 0 Å². The number of nitrogens with two attached hydrogens (primary N) is 1. The van der Waals surface area contributed by atoms with Gasteiger partial charge in [-0.1, -0.05) is 26.3 Å². The van der Waals surface area contributed by atoms with Gasteiger partial charge < -0.3 is 20.5 Å². The minimum Gasteiger partial charge on any atom is -0.394 e. The van der Waals surface area contributed by atoms with Crippen LogP contribution in [0.1, 0.15) is 26.7 Å². The monoisotopic (exact) mass is 254 g/mol. The minimum absolute atomic E-state index is 0.00104. The standard InChI is InChI=1S/C13H22N2O3/c1-3-10(2)12(8-16)18-9-15-6-4-5-11(7-15)13(14)17/h4,6-7,10,12,16H,3,5,8-9H2,1-2H3,(H2,14,17)/t10?,12-/m1/s1. The summed E-state index contributed by atoms with van der Waals surface area (Å²) < 4.78 is 5.64. The molecule has 3 N–H and O–H groups in total. The number of aliphatic hydroxyl groups is 1. The van der Waals surface area contributed by atoms with Crippen molar-refractivity contribution in [3.63, 3.8) is 0 Å². The van der Waals surface area contributed by atoms with Crippen LogP contribution in [0.15, 0.2) is 24.0 Å². The maximum absolute atomic E-state index is 11.1. The van der Waals surface area contributed by atoms with Crippen LogP contribution in [0.2, 0.25) is 0 Å². The van der Waals surface area contributed by atoms with Gasteiger partial charge in [-0.25, -0.2) is 0 Å². The van der Waals surface area contributed by atoms with Crippen LogP contribution in [0.4, 0.5) is 0 Å². The van der Waals surface area contributed by atoms with E-state index in [1.165, 1.54) is 0 Å². The molecule has 102 valence electrons. The van der Waals surface area contributed by atoms with Gasteiger partial charge in [0, 0.05) is 18.0 Å². The van der Waals surface area contributed by atoms with E-state index >= 15 is 0 Å². The second-order valence-electron chi connectivity index (χ2n) is 4.52. The molecule has 0 aromatic carbocycles. The van der Waals surface area contributed by atoms with Crippen LogP contribution in [0.25, 0.3) is 0 Å². The number of primary amides is 1. The fraction of sp³-hybridized carbons (Fsp3) is 0.615. The topological polar surface area (TPSA) is 75.8 Å². The van der Waals surface area contributed by atoms with E-state index in [9.17, 15) is 9.90 Å². The molecule has 0 saturated heterocycles. The van der Waals surface area contributed by atoms with Gasteiger partial charge in [0.2, 0.25) is 5.91 Å². The molecule has 0 radical (unpaired) electrons. The summed E-state index contributed by atoms with van der Waals surface area (Å²) in [7, 11) is 0. The first-order valence-corrected chi connectivity index (χ1v) is 6.23. The lowest BCUT2D eigenvalue weighted by Crippen LogP contribution is -2.30. The van der Waals surface area contributed by atoms with Crippen molar-refractivity contribution >= 4 is 5.91 Å². The van der Waals surface area contributed by atoms with Gasteiger partial charge in [0.25, 0.3) is 0 Å². The van der Waals surface area contributed by atoms with Gasteiger partial charge in [-0.05, 0) is 12.3 Å². The summed E-state index contributed by atoms with van der Waals surface area (Å²) in [5.74, 6) is -0.117. The number of ether oxygens (including phenoxy) is 1. The molecule has 5 heteroatoms. The molecule has 1 unspecified atom stereocenters. The zero-order valence-corrected chi connectivity index (χ0v) is 11.0. The Balaban J connectivity index is 2.49. The second kappa shape index (κ2) is 7.18. The minimum atomic E-state index is -0.412. The van der Waals surface area contributed by atoms with Gasteiger partial charge in [0.1, 0.15) is 6.73 Å². The average Bonchev–Trinajstić information content (AvgIpc) is 2.39. The van der Waals surface area contributed by atoms with Crippen LogP contribution in [0, 0.1) is 5.92 Å². The molecule has 0 fully saturated rings. The van der Waals surface area contributed by atoms with Crippen LogP contribution in [-0.4, -0.2) is 35.4 Å². The average molecular weight is 254 g/mol. The number of rotatable bonds is 7. The third-order valence-corrected chi connectivity index (χ3v) is 3.17. The van der Waals surface area contributed by atoms with Gasteiger partial charge in [-0.2, -0.15) is 0 Å². The van der Waals surface area contributed by atoms with E-state index in [-0.39, 0.29) is 12.7 Å². The summed E-state index contributed by atoms with van der Waals surface area (Å²) in [5, 5.41) is 9.25. The molecule has 0 bridgehead atoms. The Bertz CT molecular complexity index is 339. The molecule has 1 rings (SSSR count). The molecule has 5 nitrogen and oxygen atoms in total. The number of hydrogen-bond donors (Lipinski definition) is 2. The number of nitrogens with zero attached hydrogens (tertiary/aromatic N) is 1. The molecule has 2 atom stereocenters. The van der Waals surface area contributed by atoms with Crippen LogP contribution in [-0.2, 0) is 9.53 Å². The van der Waals surface area contributed by atoms with E-state index in [0.717, 1.165) is 6.42 Å². The van der Waals surface area contributed by atoms with Crippen LogP contribution < -0.4 is 5.73 Å². The molecule has 0 aromatic heterocycles. The van der Waals surface area contributed by atoms with Crippen LogP contribution >= 0.6 is 0 Å². The zero-order valence-electron chi connectivity index (χ0n) is 11.0. The van der Waals surface area contributed by atoms with E-state index in [4.69, 9.17) is 10.5 Å². The number of hydrogen-bond acceptors (Lipinski definition) is 4. The number of carbonyl (C=O) groups excluding carboxylic acids is 1. The van der Waals surface area contributed by atoms with E-state index in [2.05, 4.69) is 6.92 Å². The second-order valence-corrected chi connectivity index (χ2v) is 4.52. The van der Waals surface area contributed by atoms with E-state index in [0.29, 0.717) is 24.6 Å². The summed E-state index contributed by atoms with van der Waals surface area (Å²) in [5.41, 5.74) is 5.79. The number of carbonyl (C=O) groups is 1. The van der Waals surface area contributed by atoms with Crippen molar-refractivity contribution in [2.24, 2.45) is 11.7 Å². The molecule has 0 aromatic rings. The van der Waals surface area contributed by atoms with E-state index in [1.54, 1.807) is 11.1 Å². The lowest BCUT2D eigenvalue weighted by molar-refractivity contribution is -0.114. The first-order valence-electron chi connectivity index (χ1n) is 6.23. The van der Waals surface area contributed by atoms with Crippen molar-refractivity contribution in [3.05, 3.63) is 24.0 Å². The SMILES string of the molecule is CCC(C)[C@@H](CO)OCN1C=CCC(C(N)=O)=C1. The predicted octanol–water partition coefficient (Wildman–Crippen LogP) is 0.956. The Hall–Kier alpha value is -1.33. The summed E-state index contributed by atoms with van der Waals surface area (Å²) in [4.78, 5) is 12.8. The van der Waals surface area contributed by atoms with Crippen molar-refractivity contribution in [1.29, 1.82) is 0 Å². The molecule has 0 spiro atoms. The highest BCUT2D eigenvalue weighted by atomic mass is 16.5. The number of amides is 1. The molecule has 0 saturated carbocycles. The fourth-order valence-electron chi connectivity index (χ4n) is 1.70. The summed E-state index contributed by atoms with van der Waals surface area (Å²) in [6.45, 7) is 4.40. The van der Waals surface area contributed by atoms with Crippen LogP contribution in [0.5, 0.6) is 0 Å². The summed E-state index contributed by atoms with van der Waals surface area (Å²) >= 11 is 0. The molecule has 0 aliphatic carbocycles. The van der Waals surface area contributed by atoms with Crippen LogP contribution in [0.3, 0.4) is 0 Å². The third kappa shape index (κ3) is 4.16. The highest BCUT2D eigenvalue weighted by Gasteiger charge is 2.17. The van der Waals surface area contributed by atoms with Crippen molar-refractivity contribution in [1.82, 2.24) is 4.90 Å². The predicted molar refractivity (Wildman–Crippen MR) is 69.2 cm³/mol. The van der Waals surface area contributed by atoms with Gasteiger partial charge in [0.05, 0.1) is 12.7 Å². The Morgan fingerprint density at radius 1 is 1.67 bits per heavy atom. The molecule has 1 heterocycles. The van der Waals surface area contributed by atoms with Gasteiger partial charge in [-0.3, -0.25) is 4.79 Å². The maximum Gasteiger partial charge on any atom is 0.246 e. The zero-order chi connectivity index (χ0) is 13.5. The highest BCUT2D eigenvalue weighted by molar-refractivity contribution is 5.92. The molecular weight excluding hydrogens is 232 g/mol. The number of aliphatic hydroxyl groups excluding tert-OH is 1. The number of allylic oxidation sites excluding steroid dienone is 1. The lowest BCUT2D eigenvalue weighted by Gasteiger charge is -2.26. The van der Waals surface area contributed by atoms with Gasteiger partial charge in [0.15, 0.2) is 0 Å². The van der Waals surface area contributed by atoms with E-state index < -0.39 is 5.91 Å². The summed E-state index contributed by atoms with van der Waals surface area (Å²) in [6, 6.07) is 0.